The van der Waals surface area contributed by atoms with Gasteiger partial charge in [-0.1, -0.05) is 74.5 Å². The second-order valence-electron chi connectivity index (χ2n) is 5.78. The van der Waals surface area contributed by atoms with Crippen LogP contribution in [0, 0.1) is 5.92 Å². The van der Waals surface area contributed by atoms with Crippen LogP contribution in [-0.4, -0.2) is 16.7 Å². The maximum absolute atomic E-state index is 12.0. The van der Waals surface area contributed by atoms with E-state index in [9.17, 15) is 9.90 Å². The van der Waals surface area contributed by atoms with Gasteiger partial charge in [-0.2, -0.15) is 0 Å². The quantitative estimate of drug-likeness (QED) is 0.810. The fourth-order valence-electron chi connectivity index (χ4n) is 2.41. The van der Waals surface area contributed by atoms with Gasteiger partial charge in [0.05, 0.1) is 0 Å². The van der Waals surface area contributed by atoms with Crippen LogP contribution in [0.4, 0.5) is 0 Å². The fourth-order valence-corrected chi connectivity index (χ4v) is 2.41. The molecule has 0 amide bonds. The number of hydrogen-bond acceptors (Lipinski definition) is 2. The SMILES string of the molecule is CC(C)C(C/C=C/c1ccccc1)(Oc1ccccc1)C(=O)O. The molecule has 3 nitrogen and oxygen atoms in total. The monoisotopic (exact) mass is 310 g/mol. The summed E-state index contributed by atoms with van der Waals surface area (Å²) in [7, 11) is 0. The van der Waals surface area contributed by atoms with Gasteiger partial charge >= 0.3 is 5.97 Å². The predicted molar refractivity (Wildman–Crippen MR) is 92.4 cm³/mol. The third-order valence-electron chi connectivity index (χ3n) is 3.87. The summed E-state index contributed by atoms with van der Waals surface area (Å²) < 4.78 is 5.91. The zero-order valence-corrected chi connectivity index (χ0v) is 13.5. The lowest BCUT2D eigenvalue weighted by atomic mass is 9.86. The molecule has 0 saturated heterocycles. The van der Waals surface area contributed by atoms with Gasteiger partial charge in [-0.25, -0.2) is 4.79 Å². The Morgan fingerprint density at radius 3 is 2.17 bits per heavy atom. The van der Waals surface area contributed by atoms with Gasteiger partial charge in [-0.3, -0.25) is 0 Å². The Balaban J connectivity index is 2.23. The largest absolute Gasteiger partial charge is 0.478 e. The molecule has 2 rings (SSSR count). The summed E-state index contributed by atoms with van der Waals surface area (Å²) in [5.74, 6) is -0.564. The molecular weight excluding hydrogens is 288 g/mol. The molecule has 0 aliphatic carbocycles. The number of carbonyl (C=O) groups is 1. The van der Waals surface area contributed by atoms with Gasteiger partial charge in [0.2, 0.25) is 5.60 Å². The van der Waals surface area contributed by atoms with E-state index in [1.807, 2.05) is 74.5 Å². The Bertz CT molecular complexity index is 647. The van der Waals surface area contributed by atoms with Crippen LogP contribution in [0.2, 0.25) is 0 Å². The molecule has 0 aliphatic heterocycles. The topological polar surface area (TPSA) is 46.5 Å². The first-order chi connectivity index (χ1) is 11.0. The van der Waals surface area contributed by atoms with Crippen molar-refractivity contribution in [3.63, 3.8) is 0 Å². The lowest BCUT2D eigenvalue weighted by Crippen LogP contribution is -2.49. The zero-order valence-electron chi connectivity index (χ0n) is 13.5. The van der Waals surface area contributed by atoms with Crippen molar-refractivity contribution < 1.29 is 14.6 Å². The van der Waals surface area contributed by atoms with Crippen LogP contribution >= 0.6 is 0 Å². The minimum atomic E-state index is -1.29. The molecule has 1 N–H and O–H groups in total. The summed E-state index contributed by atoms with van der Waals surface area (Å²) in [6.07, 6.45) is 4.09. The van der Waals surface area contributed by atoms with Gasteiger partial charge < -0.3 is 9.84 Å². The standard InChI is InChI=1S/C20H22O3/c1-16(2)20(19(21)22,23-18-13-7-4-8-14-18)15-9-12-17-10-5-3-6-11-17/h3-14,16H,15H2,1-2H3,(H,21,22)/b12-9+. The molecule has 1 unspecified atom stereocenters. The van der Waals surface area contributed by atoms with E-state index in [4.69, 9.17) is 4.74 Å². The van der Waals surface area contributed by atoms with Crippen molar-refractivity contribution >= 4 is 12.0 Å². The number of aliphatic carboxylic acids is 1. The zero-order chi connectivity index (χ0) is 16.7. The number of carboxylic acids is 1. The van der Waals surface area contributed by atoms with Crippen LogP contribution in [0.5, 0.6) is 5.75 Å². The van der Waals surface area contributed by atoms with E-state index in [1.54, 1.807) is 12.1 Å². The Morgan fingerprint density at radius 1 is 1.09 bits per heavy atom. The Morgan fingerprint density at radius 2 is 1.65 bits per heavy atom. The smallest absolute Gasteiger partial charge is 0.348 e. The highest BCUT2D eigenvalue weighted by molar-refractivity contribution is 5.79. The van der Waals surface area contributed by atoms with Gasteiger partial charge in [0, 0.05) is 12.3 Å². The van der Waals surface area contributed by atoms with Crippen molar-refractivity contribution in [3.8, 4) is 5.75 Å². The van der Waals surface area contributed by atoms with E-state index in [-0.39, 0.29) is 5.92 Å². The highest BCUT2D eigenvalue weighted by Gasteiger charge is 2.43. The van der Waals surface area contributed by atoms with Crippen LogP contribution in [0.1, 0.15) is 25.8 Å². The van der Waals surface area contributed by atoms with Gasteiger partial charge in [-0.15, -0.1) is 0 Å². The highest BCUT2D eigenvalue weighted by atomic mass is 16.5. The van der Waals surface area contributed by atoms with E-state index in [2.05, 4.69) is 0 Å². The van der Waals surface area contributed by atoms with E-state index in [1.165, 1.54) is 0 Å². The minimum absolute atomic E-state index is 0.180. The first kappa shape index (κ1) is 16.8. The van der Waals surface area contributed by atoms with E-state index >= 15 is 0 Å². The average Bonchev–Trinajstić information content (AvgIpc) is 2.55. The molecular formula is C20H22O3. The van der Waals surface area contributed by atoms with Crippen molar-refractivity contribution in [2.45, 2.75) is 25.9 Å². The number of rotatable bonds is 7. The molecule has 120 valence electrons. The molecule has 0 aliphatic rings. The summed E-state index contributed by atoms with van der Waals surface area (Å²) in [4.78, 5) is 12.0. The van der Waals surface area contributed by atoms with Crippen molar-refractivity contribution in [2.24, 2.45) is 5.92 Å². The third kappa shape index (κ3) is 4.22. The minimum Gasteiger partial charge on any atom is -0.478 e. The van der Waals surface area contributed by atoms with Crippen molar-refractivity contribution in [2.75, 3.05) is 0 Å². The predicted octanol–water partition coefficient (Wildman–Crippen LogP) is 4.65. The molecule has 0 fully saturated rings. The van der Waals surface area contributed by atoms with Gasteiger partial charge in [0.25, 0.3) is 0 Å². The molecule has 2 aromatic carbocycles. The molecule has 0 saturated carbocycles. The molecule has 1 atom stereocenters. The summed E-state index contributed by atoms with van der Waals surface area (Å²) in [6.45, 7) is 3.74. The van der Waals surface area contributed by atoms with Crippen LogP contribution in [0.3, 0.4) is 0 Å². The lowest BCUT2D eigenvalue weighted by Gasteiger charge is -2.33. The second kappa shape index (κ2) is 7.63. The Hall–Kier alpha value is -2.55. The van der Waals surface area contributed by atoms with Crippen molar-refractivity contribution in [1.82, 2.24) is 0 Å². The summed E-state index contributed by atoms with van der Waals surface area (Å²) in [5, 5.41) is 9.79. The maximum Gasteiger partial charge on any atom is 0.348 e. The van der Waals surface area contributed by atoms with Crippen LogP contribution in [0.25, 0.3) is 6.08 Å². The second-order valence-corrected chi connectivity index (χ2v) is 5.78. The Kier molecular flexibility index (Phi) is 5.58. The fraction of sp³-hybridized carbons (Fsp3) is 0.250. The normalized spacial score (nSPS) is 13.9. The van der Waals surface area contributed by atoms with Crippen LogP contribution in [0.15, 0.2) is 66.7 Å². The molecule has 0 heterocycles. The summed E-state index contributed by atoms with van der Waals surface area (Å²) >= 11 is 0. The molecule has 0 spiro atoms. The number of hydrogen-bond donors (Lipinski definition) is 1. The lowest BCUT2D eigenvalue weighted by molar-refractivity contribution is -0.159. The van der Waals surface area contributed by atoms with E-state index < -0.39 is 11.6 Å². The van der Waals surface area contributed by atoms with Crippen molar-refractivity contribution in [1.29, 1.82) is 0 Å². The number of benzene rings is 2. The molecule has 0 bridgehead atoms. The molecule has 2 aromatic rings. The van der Waals surface area contributed by atoms with E-state index in [0.29, 0.717) is 12.2 Å². The summed E-state index contributed by atoms with van der Waals surface area (Å²) in [5.41, 5.74) is -0.248. The third-order valence-corrected chi connectivity index (χ3v) is 3.87. The first-order valence-electron chi connectivity index (χ1n) is 7.73. The first-order valence-corrected chi connectivity index (χ1v) is 7.73. The maximum atomic E-state index is 12.0. The number of carboxylic acid groups (broad SMARTS) is 1. The molecule has 3 heteroatoms. The van der Waals surface area contributed by atoms with Gasteiger partial charge in [0.15, 0.2) is 0 Å². The van der Waals surface area contributed by atoms with Crippen LogP contribution in [-0.2, 0) is 4.79 Å². The number of ether oxygens (including phenoxy) is 1. The van der Waals surface area contributed by atoms with Crippen molar-refractivity contribution in [3.05, 3.63) is 72.3 Å². The number of para-hydroxylation sites is 1. The molecule has 0 radical (unpaired) electrons. The summed E-state index contributed by atoms with van der Waals surface area (Å²) in [6, 6.07) is 18.9. The van der Waals surface area contributed by atoms with E-state index in [0.717, 1.165) is 5.56 Å². The Labute approximate surface area is 137 Å². The van der Waals surface area contributed by atoms with Crippen LogP contribution < -0.4 is 4.74 Å². The average molecular weight is 310 g/mol. The highest BCUT2D eigenvalue weighted by Crippen LogP contribution is 2.30. The van der Waals surface area contributed by atoms with Gasteiger partial charge in [-0.05, 0) is 17.7 Å². The molecule has 23 heavy (non-hydrogen) atoms. The molecule has 0 aromatic heterocycles. The van der Waals surface area contributed by atoms with Gasteiger partial charge in [0.1, 0.15) is 5.75 Å².